The molecule has 0 radical (unpaired) electrons. The van der Waals surface area contributed by atoms with E-state index < -0.39 is 11.4 Å². The smallest absolute Gasteiger partial charge is 0.438 e. The number of carbonyl (C=O) groups is 1. The molecular weight excluding hydrogens is 464 g/mol. The topological polar surface area (TPSA) is 183 Å². The van der Waals surface area contributed by atoms with E-state index in [-0.39, 0.29) is 27.6 Å². The summed E-state index contributed by atoms with van der Waals surface area (Å²) in [5, 5.41) is 12.5. The number of aromatic amines is 1. The Hall–Kier alpha value is -4.57. The first-order valence-electron chi connectivity index (χ1n) is 9.61. The molecule has 0 aliphatic carbocycles. The van der Waals surface area contributed by atoms with Crippen molar-refractivity contribution in [1.82, 2.24) is 10.3 Å². The number of ketones is 1. The van der Waals surface area contributed by atoms with Crippen molar-refractivity contribution in [2.45, 2.75) is 0 Å². The van der Waals surface area contributed by atoms with Gasteiger partial charge in [-0.05, 0) is 23.0 Å². The van der Waals surface area contributed by atoms with E-state index in [2.05, 4.69) is 20.8 Å². The summed E-state index contributed by atoms with van der Waals surface area (Å²) in [4.78, 5) is 29.8. The number of thiophene rings is 1. The van der Waals surface area contributed by atoms with Crippen LogP contribution in [0.1, 0.15) is 20.9 Å². The molecule has 0 aliphatic heterocycles. The van der Waals surface area contributed by atoms with Crippen molar-refractivity contribution < 1.29 is 28.2 Å². The molecule has 3 aromatic heterocycles. The lowest BCUT2D eigenvalue weighted by Gasteiger charge is -2.16. The molecule has 34 heavy (non-hydrogen) atoms. The number of benzene rings is 1. The molecule has 0 saturated heterocycles. The van der Waals surface area contributed by atoms with E-state index in [1.165, 1.54) is 28.4 Å². The number of anilines is 2. The predicted octanol–water partition coefficient (Wildman–Crippen LogP) is 1.36. The summed E-state index contributed by atoms with van der Waals surface area (Å²) in [6.45, 7) is 0. The number of fused-ring (bicyclic) bond motifs is 1. The third kappa shape index (κ3) is 3.28. The van der Waals surface area contributed by atoms with Crippen LogP contribution in [0.5, 0.6) is 17.2 Å². The molecule has 0 amide bonds. The quantitative estimate of drug-likeness (QED) is 0.267. The number of nitriles is 1. The second-order valence-corrected chi connectivity index (χ2v) is 8.01. The summed E-state index contributed by atoms with van der Waals surface area (Å²) in [5.41, 5.74) is 12.3. The number of nitrogens with two attached hydrogens (primary N) is 2. The number of nitrogen functional groups attached to an aromatic ring is 2. The van der Waals surface area contributed by atoms with Gasteiger partial charge in [0.1, 0.15) is 27.2 Å². The summed E-state index contributed by atoms with van der Waals surface area (Å²) < 4.78 is 22.1. The van der Waals surface area contributed by atoms with Crippen LogP contribution in [-0.4, -0.2) is 37.4 Å². The largest absolute Gasteiger partial charge is 0.493 e. The SMILES string of the molecule is COc1cc(-c2c(C#N)c(N)nc3sc(C(=O)c4c(=O)o[nH][n+]4C)c(N)c23)cc(OC)c1OC. The van der Waals surface area contributed by atoms with Crippen molar-refractivity contribution in [2.24, 2.45) is 7.05 Å². The number of H-pyrrole nitrogens is 1. The van der Waals surface area contributed by atoms with Crippen LogP contribution >= 0.6 is 11.3 Å². The van der Waals surface area contributed by atoms with Crippen LogP contribution in [0.4, 0.5) is 11.5 Å². The number of aromatic nitrogens is 3. The fraction of sp³-hybridized carbons (Fsp3) is 0.190. The van der Waals surface area contributed by atoms with Gasteiger partial charge in [0.2, 0.25) is 5.75 Å². The number of hydrogen-bond donors (Lipinski definition) is 3. The number of methoxy groups -OCH3 is 3. The molecule has 5 N–H and O–H groups in total. The molecule has 0 unspecified atom stereocenters. The molecule has 0 atom stereocenters. The predicted molar refractivity (Wildman–Crippen MR) is 122 cm³/mol. The van der Waals surface area contributed by atoms with Crippen molar-refractivity contribution in [3.63, 3.8) is 0 Å². The van der Waals surface area contributed by atoms with E-state index in [1.54, 1.807) is 12.1 Å². The molecule has 3 heterocycles. The van der Waals surface area contributed by atoms with Crippen LogP contribution in [0.15, 0.2) is 21.5 Å². The van der Waals surface area contributed by atoms with Crippen molar-refractivity contribution in [3.05, 3.63) is 38.7 Å². The fourth-order valence-corrected chi connectivity index (χ4v) is 4.71. The Morgan fingerprint density at radius 1 is 1.21 bits per heavy atom. The van der Waals surface area contributed by atoms with Crippen LogP contribution in [-0.2, 0) is 7.05 Å². The summed E-state index contributed by atoms with van der Waals surface area (Å²) in [5.74, 6) is 0.320. The zero-order chi connectivity index (χ0) is 24.7. The van der Waals surface area contributed by atoms with Crippen LogP contribution < -0.4 is 36.0 Å². The van der Waals surface area contributed by atoms with Gasteiger partial charge in [0.25, 0.3) is 5.78 Å². The average Bonchev–Trinajstić information content (AvgIpc) is 3.34. The Balaban J connectivity index is 2.08. The van der Waals surface area contributed by atoms with Gasteiger partial charge in [0, 0.05) is 10.9 Å². The average molecular weight is 483 g/mol. The van der Waals surface area contributed by atoms with Gasteiger partial charge in [-0.15, -0.1) is 11.3 Å². The Labute approximate surface area is 195 Å². The first-order valence-corrected chi connectivity index (χ1v) is 10.4. The Kier molecular flexibility index (Phi) is 5.60. The van der Waals surface area contributed by atoms with E-state index in [0.717, 1.165) is 16.0 Å². The number of nitrogens with zero attached hydrogens (tertiary/aromatic N) is 3. The number of hydrogen-bond acceptors (Lipinski definition) is 11. The molecule has 13 heteroatoms. The molecule has 0 fully saturated rings. The monoisotopic (exact) mass is 483 g/mol. The fourth-order valence-electron chi connectivity index (χ4n) is 3.66. The maximum Gasteiger partial charge on any atom is 0.438 e. The van der Waals surface area contributed by atoms with Gasteiger partial charge in [-0.2, -0.15) is 5.26 Å². The van der Waals surface area contributed by atoms with E-state index >= 15 is 0 Å². The third-order valence-electron chi connectivity index (χ3n) is 5.20. The summed E-state index contributed by atoms with van der Waals surface area (Å²) in [6, 6.07) is 5.33. The molecule has 1 aromatic carbocycles. The van der Waals surface area contributed by atoms with Crippen LogP contribution in [0, 0.1) is 11.3 Å². The highest BCUT2D eigenvalue weighted by Gasteiger charge is 2.33. The minimum atomic E-state index is -0.848. The lowest BCUT2D eigenvalue weighted by molar-refractivity contribution is -0.741. The lowest BCUT2D eigenvalue weighted by atomic mass is 9.96. The zero-order valence-electron chi connectivity index (χ0n) is 18.5. The van der Waals surface area contributed by atoms with Gasteiger partial charge in [0.05, 0.1) is 27.0 Å². The number of pyridine rings is 1. The Bertz CT molecular complexity index is 1540. The highest BCUT2D eigenvalue weighted by atomic mass is 32.1. The van der Waals surface area contributed by atoms with E-state index in [1.807, 2.05) is 0 Å². The van der Waals surface area contributed by atoms with Crippen molar-refractivity contribution in [2.75, 3.05) is 32.8 Å². The molecule has 4 aromatic rings. The molecule has 4 rings (SSSR count). The number of aryl methyl sites for hydroxylation is 1. The van der Waals surface area contributed by atoms with Gasteiger partial charge in [-0.3, -0.25) is 9.32 Å². The summed E-state index contributed by atoms with van der Waals surface area (Å²) in [7, 11) is 5.84. The Morgan fingerprint density at radius 2 is 1.85 bits per heavy atom. The van der Waals surface area contributed by atoms with Crippen LogP contribution in [0.25, 0.3) is 21.3 Å². The minimum absolute atomic E-state index is 0.0401. The van der Waals surface area contributed by atoms with Crippen molar-refractivity contribution in [3.8, 4) is 34.4 Å². The van der Waals surface area contributed by atoms with Gasteiger partial charge >= 0.3 is 11.3 Å². The maximum atomic E-state index is 13.2. The van der Waals surface area contributed by atoms with Crippen molar-refractivity contribution in [1.29, 1.82) is 5.26 Å². The second kappa shape index (κ2) is 8.41. The zero-order valence-corrected chi connectivity index (χ0v) is 19.3. The second-order valence-electron chi connectivity index (χ2n) is 7.02. The first-order chi connectivity index (χ1) is 16.3. The van der Waals surface area contributed by atoms with E-state index in [9.17, 15) is 14.9 Å². The van der Waals surface area contributed by atoms with Gasteiger partial charge < -0.3 is 25.7 Å². The number of nitrogens with one attached hydrogen (secondary N) is 1. The molecular formula is C21H19N6O6S+. The maximum absolute atomic E-state index is 13.2. The van der Waals surface area contributed by atoms with Crippen LogP contribution in [0.3, 0.4) is 0 Å². The molecule has 0 aliphatic rings. The molecule has 174 valence electrons. The minimum Gasteiger partial charge on any atom is -0.493 e. The molecule has 0 saturated carbocycles. The van der Waals surface area contributed by atoms with E-state index in [0.29, 0.717) is 38.6 Å². The number of carbonyl (C=O) groups excluding carboxylic acids is 1. The normalized spacial score (nSPS) is 10.8. The number of rotatable bonds is 6. The van der Waals surface area contributed by atoms with Gasteiger partial charge in [0.15, 0.2) is 18.5 Å². The van der Waals surface area contributed by atoms with Crippen LogP contribution in [0.2, 0.25) is 0 Å². The molecule has 0 bridgehead atoms. The molecule has 0 spiro atoms. The van der Waals surface area contributed by atoms with Gasteiger partial charge in [-0.25, -0.2) is 9.78 Å². The van der Waals surface area contributed by atoms with Crippen molar-refractivity contribution >= 4 is 38.8 Å². The highest BCUT2D eigenvalue weighted by Crippen LogP contribution is 2.47. The summed E-state index contributed by atoms with van der Waals surface area (Å²) in [6.07, 6.45) is 0. The molecule has 12 nitrogen and oxygen atoms in total. The standard InChI is InChI=1S/C21H18N6O6S/c1-27-15(21(29)33-26-27)16(28)18-14(23)13-12(9(7-22)19(24)25-20(13)34-18)8-5-10(30-2)17(32-4)11(6-8)31-3/h5-6H,1-4H3,(H4-,23,24,25,26,28,29)/p+1. The van der Waals surface area contributed by atoms with E-state index in [4.69, 9.17) is 25.7 Å². The van der Waals surface area contributed by atoms with Gasteiger partial charge in [-0.1, -0.05) is 4.68 Å². The number of ether oxygens (including phenoxy) is 3. The highest BCUT2D eigenvalue weighted by molar-refractivity contribution is 7.21. The lowest BCUT2D eigenvalue weighted by Crippen LogP contribution is -2.39. The first kappa shape index (κ1) is 22.6. The third-order valence-corrected chi connectivity index (χ3v) is 6.29. The Morgan fingerprint density at radius 3 is 2.35 bits per heavy atom. The summed E-state index contributed by atoms with van der Waals surface area (Å²) >= 11 is 0.947.